The minimum atomic E-state index is -3.99. The van der Waals surface area contributed by atoms with Crippen molar-refractivity contribution < 1.29 is 13.2 Å². The number of aryl methyl sites for hydroxylation is 2. The lowest BCUT2D eigenvalue weighted by Gasteiger charge is -2.27. The van der Waals surface area contributed by atoms with Crippen molar-refractivity contribution in [3.05, 3.63) is 94.0 Å². The Balaban J connectivity index is 1.95. The minimum Gasteiger partial charge on any atom is -0.348 e. The van der Waals surface area contributed by atoms with Gasteiger partial charge in [-0.1, -0.05) is 59.6 Å². The smallest absolute Gasteiger partial charge is 0.264 e. The Kier molecular flexibility index (Phi) is 7.26. The first-order valence-electron chi connectivity index (χ1n) is 10.3. The molecule has 0 heterocycles. The van der Waals surface area contributed by atoms with Crippen LogP contribution in [0.25, 0.3) is 0 Å². The third kappa shape index (κ3) is 5.14. The Hall–Kier alpha value is -2.83. The summed E-state index contributed by atoms with van der Waals surface area (Å²) in [5, 5.41) is 3.37. The molecule has 168 valence electrons. The number of benzene rings is 3. The maximum Gasteiger partial charge on any atom is 0.264 e. The van der Waals surface area contributed by atoms with Gasteiger partial charge in [-0.2, -0.15) is 0 Å². The number of halogens is 1. The first kappa shape index (κ1) is 23.8. The number of rotatable bonds is 7. The van der Waals surface area contributed by atoms with E-state index < -0.39 is 15.9 Å². The molecule has 0 spiro atoms. The largest absolute Gasteiger partial charge is 0.348 e. The fourth-order valence-corrected chi connectivity index (χ4v) is 5.28. The van der Waals surface area contributed by atoms with Crippen LogP contribution in [0.1, 0.15) is 35.2 Å². The van der Waals surface area contributed by atoms with Gasteiger partial charge in [-0.05, 0) is 68.7 Å². The SMILES string of the molecule is Cc1ccc(C)c(C(C)NC(=O)CN(c2cccc(Cl)c2C)S(=O)(=O)c2ccccc2)c1. The van der Waals surface area contributed by atoms with Gasteiger partial charge in [0, 0.05) is 5.02 Å². The average Bonchev–Trinajstić information content (AvgIpc) is 2.76. The fraction of sp³-hybridized carbons (Fsp3) is 0.240. The Morgan fingerprint density at radius 1 is 1.00 bits per heavy atom. The van der Waals surface area contributed by atoms with Gasteiger partial charge < -0.3 is 5.32 Å². The van der Waals surface area contributed by atoms with Gasteiger partial charge in [-0.25, -0.2) is 8.42 Å². The van der Waals surface area contributed by atoms with Crippen LogP contribution < -0.4 is 9.62 Å². The zero-order valence-electron chi connectivity index (χ0n) is 18.6. The molecule has 0 aliphatic carbocycles. The van der Waals surface area contributed by atoms with Gasteiger partial charge in [0.25, 0.3) is 10.0 Å². The molecule has 32 heavy (non-hydrogen) atoms. The van der Waals surface area contributed by atoms with Crippen molar-refractivity contribution in [1.29, 1.82) is 0 Å². The summed E-state index contributed by atoms with van der Waals surface area (Å²) >= 11 is 6.27. The highest BCUT2D eigenvalue weighted by Crippen LogP contribution is 2.31. The van der Waals surface area contributed by atoms with Crippen LogP contribution in [0.15, 0.2) is 71.6 Å². The second kappa shape index (κ2) is 9.76. The molecule has 0 fully saturated rings. The highest BCUT2D eigenvalue weighted by atomic mass is 35.5. The van der Waals surface area contributed by atoms with E-state index >= 15 is 0 Å². The molecule has 3 aromatic carbocycles. The van der Waals surface area contributed by atoms with Gasteiger partial charge in [-0.3, -0.25) is 9.10 Å². The van der Waals surface area contributed by atoms with E-state index in [9.17, 15) is 13.2 Å². The number of anilines is 1. The van der Waals surface area contributed by atoms with Crippen LogP contribution >= 0.6 is 11.6 Å². The Morgan fingerprint density at radius 2 is 1.69 bits per heavy atom. The molecule has 1 amide bonds. The van der Waals surface area contributed by atoms with E-state index in [-0.39, 0.29) is 17.5 Å². The van der Waals surface area contributed by atoms with Crippen LogP contribution in [-0.2, 0) is 14.8 Å². The Labute approximate surface area is 195 Å². The predicted octanol–water partition coefficient (Wildman–Crippen LogP) is 5.34. The van der Waals surface area contributed by atoms with Gasteiger partial charge in [0.1, 0.15) is 6.54 Å². The molecule has 0 saturated carbocycles. The molecule has 0 bridgehead atoms. The number of hydrogen-bond acceptors (Lipinski definition) is 3. The van der Waals surface area contributed by atoms with Crippen molar-refractivity contribution in [2.45, 2.75) is 38.6 Å². The van der Waals surface area contributed by atoms with Gasteiger partial charge in [0.15, 0.2) is 0 Å². The molecule has 3 aromatic rings. The molecular weight excluding hydrogens is 444 g/mol. The van der Waals surface area contributed by atoms with Crippen molar-refractivity contribution in [3.8, 4) is 0 Å². The van der Waals surface area contributed by atoms with Gasteiger partial charge >= 0.3 is 0 Å². The minimum absolute atomic E-state index is 0.106. The molecule has 5 nitrogen and oxygen atoms in total. The first-order chi connectivity index (χ1) is 15.1. The molecule has 3 rings (SSSR count). The van der Waals surface area contributed by atoms with Crippen molar-refractivity contribution >= 4 is 33.2 Å². The Morgan fingerprint density at radius 3 is 2.38 bits per heavy atom. The fourth-order valence-electron chi connectivity index (χ4n) is 3.61. The number of amides is 1. The summed E-state index contributed by atoms with van der Waals surface area (Å²) in [5.41, 5.74) is 4.10. The molecule has 0 aliphatic heterocycles. The van der Waals surface area contributed by atoms with Crippen LogP contribution in [0, 0.1) is 20.8 Å². The second-order valence-corrected chi connectivity index (χ2v) is 10.1. The van der Waals surface area contributed by atoms with Crippen LogP contribution in [-0.4, -0.2) is 20.9 Å². The van der Waals surface area contributed by atoms with Gasteiger partial charge in [0.2, 0.25) is 5.91 Å². The number of carbonyl (C=O) groups is 1. The summed E-state index contributed by atoms with van der Waals surface area (Å²) in [7, 11) is -3.99. The monoisotopic (exact) mass is 470 g/mol. The topological polar surface area (TPSA) is 66.5 Å². The number of hydrogen-bond donors (Lipinski definition) is 1. The van der Waals surface area contributed by atoms with Crippen molar-refractivity contribution in [1.82, 2.24) is 5.32 Å². The summed E-state index contributed by atoms with van der Waals surface area (Å²) in [6.07, 6.45) is 0. The molecular formula is C25H27ClN2O3S. The first-order valence-corrected chi connectivity index (χ1v) is 12.1. The summed E-state index contributed by atoms with van der Waals surface area (Å²) in [4.78, 5) is 13.1. The Bertz CT molecular complexity index is 1230. The van der Waals surface area contributed by atoms with Gasteiger partial charge in [0.05, 0.1) is 16.6 Å². The lowest BCUT2D eigenvalue weighted by Crippen LogP contribution is -2.42. The molecule has 0 aromatic heterocycles. The second-order valence-electron chi connectivity index (χ2n) is 7.86. The van der Waals surface area contributed by atoms with Crippen molar-refractivity contribution in [2.24, 2.45) is 0 Å². The zero-order chi connectivity index (χ0) is 23.5. The maximum atomic E-state index is 13.5. The van der Waals surface area contributed by atoms with Crippen LogP contribution in [0.3, 0.4) is 0 Å². The number of nitrogens with one attached hydrogen (secondary N) is 1. The quantitative estimate of drug-likeness (QED) is 0.507. The maximum absolute atomic E-state index is 13.5. The molecule has 1 unspecified atom stereocenters. The summed E-state index contributed by atoms with van der Waals surface area (Å²) < 4.78 is 28.1. The van der Waals surface area contributed by atoms with E-state index in [1.54, 1.807) is 43.3 Å². The highest BCUT2D eigenvalue weighted by Gasteiger charge is 2.29. The van der Waals surface area contributed by atoms with Crippen LogP contribution in [0.2, 0.25) is 5.02 Å². The standard InChI is InChI=1S/C25H27ClN2O3S/c1-17-13-14-18(2)22(15-17)20(4)27-25(29)16-28(24-12-8-11-23(26)19(24)3)32(30,31)21-9-6-5-7-10-21/h5-15,20H,16H2,1-4H3,(H,27,29). The molecule has 0 saturated heterocycles. The number of sulfonamides is 1. The van der Waals surface area contributed by atoms with Crippen LogP contribution in [0.4, 0.5) is 5.69 Å². The lowest BCUT2D eigenvalue weighted by molar-refractivity contribution is -0.120. The van der Waals surface area contributed by atoms with Gasteiger partial charge in [-0.15, -0.1) is 0 Å². The molecule has 1 atom stereocenters. The molecule has 0 radical (unpaired) electrons. The van der Waals surface area contributed by atoms with E-state index in [0.717, 1.165) is 21.0 Å². The average molecular weight is 471 g/mol. The summed E-state index contributed by atoms with van der Waals surface area (Å²) in [6.45, 7) is 7.24. The molecule has 1 N–H and O–H groups in total. The molecule has 7 heteroatoms. The van der Waals surface area contributed by atoms with E-state index in [4.69, 9.17) is 11.6 Å². The van der Waals surface area contributed by atoms with Crippen LogP contribution in [0.5, 0.6) is 0 Å². The summed E-state index contributed by atoms with van der Waals surface area (Å²) in [5.74, 6) is -0.405. The lowest BCUT2D eigenvalue weighted by atomic mass is 10.00. The predicted molar refractivity (Wildman–Crippen MR) is 130 cm³/mol. The van der Waals surface area contributed by atoms with E-state index in [0.29, 0.717) is 16.3 Å². The number of nitrogens with zero attached hydrogens (tertiary/aromatic N) is 1. The normalized spacial score (nSPS) is 12.3. The zero-order valence-corrected chi connectivity index (χ0v) is 20.2. The van der Waals surface area contributed by atoms with E-state index in [2.05, 4.69) is 5.32 Å². The van der Waals surface area contributed by atoms with Crippen molar-refractivity contribution in [3.63, 3.8) is 0 Å². The highest BCUT2D eigenvalue weighted by molar-refractivity contribution is 7.92. The van der Waals surface area contributed by atoms with E-state index in [1.165, 1.54) is 12.1 Å². The summed E-state index contributed by atoms with van der Waals surface area (Å²) in [6, 6.07) is 18.9. The van der Waals surface area contributed by atoms with E-state index in [1.807, 2.05) is 39.0 Å². The number of carbonyl (C=O) groups excluding carboxylic acids is 1. The van der Waals surface area contributed by atoms with Crippen molar-refractivity contribution in [2.75, 3.05) is 10.8 Å². The third-order valence-electron chi connectivity index (χ3n) is 5.40. The third-order valence-corrected chi connectivity index (χ3v) is 7.59. The molecule has 0 aliphatic rings.